The van der Waals surface area contributed by atoms with Gasteiger partial charge in [0.05, 0.1) is 0 Å². The Morgan fingerprint density at radius 3 is 2.76 bits per heavy atom. The van der Waals surface area contributed by atoms with E-state index in [0.29, 0.717) is 23.3 Å². The molecule has 0 radical (unpaired) electrons. The van der Waals surface area contributed by atoms with Crippen molar-refractivity contribution in [2.75, 3.05) is 19.8 Å². The predicted molar refractivity (Wildman–Crippen MR) is 80.9 cm³/mol. The Bertz CT molecular complexity index is 442. The lowest BCUT2D eigenvalue weighted by molar-refractivity contribution is 0.0547. The van der Waals surface area contributed by atoms with Crippen LogP contribution in [0.3, 0.4) is 0 Å². The Labute approximate surface area is 126 Å². The zero-order valence-corrected chi connectivity index (χ0v) is 12.6. The highest BCUT2D eigenvalue weighted by atomic mass is 16.5. The van der Waals surface area contributed by atoms with Gasteiger partial charge in [0.2, 0.25) is 0 Å². The van der Waals surface area contributed by atoms with Crippen LogP contribution in [0.5, 0.6) is 0 Å². The largest absolute Gasteiger partial charge is 0.381 e. The van der Waals surface area contributed by atoms with Crippen molar-refractivity contribution in [3.8, 4) is 0 Å². The number of allylic oxidation sites excluding steroid dienone is 2. The van der Waals surface area contributed by atoms with E-state index >= 15 is 0 Å². The fourth-order valence-electron chi connectivity index (χ4n) is 4.60. The molecule has 1 saturated heterocycles. The summed E-state index contributed by atoms with van der Waals surface area (Å²) in [6.07, 6.45) is 12.0. The molecule has 0 aromatic heterocycles. The van der Waals surface area contributed by atoms with E-state index in [1.807, 2.05) is 0 Å². The van der Waals surface area contributed by atoms with Gasteiger partial charge in [-0.3, -0.25) is 0 Å². The summed E-state index contributed by atoms with van der Waals surface area (Å²) in [6, 6.07) is 0.415. The first-order chi connectivity index (χ1) is 10.3. The maximum atomic E-state index is 12.1. The third-order valence-corrected chi connectivity index (χ3v) is 6.22. The van der Waals surface area contributed by atoms with E-state index in [1.54, 1.807) is 0 Å². The summed E-state index contributed by atoms with van der Waals surface area (Å²) < 4.78 is 5.42. The molecular weight excluding hydrogens is 264 g/mol. The quantitative estimate of drug-likeness (QED) is 0.785. The van der Waals surface area contributed by atoms with Crippen LogP contribution in [0.15, 0.2) is 12.2 Å². The van der Waals surface area contributed by atoms with Gasteiger partial charge in [0.15, 0.2) is 0 Å². The molecule has 4 heteroatoms. The Morgan fingerprint density at radius 2 is 2.10 bits per heavy atom. The fourth-order valence-corrected chi connectivity index (χ4v) is 4.60. The second-order valence-electron chi connectivity index (χ2n) is 7.47. The molecule has 0 aromatic carbocycles. The van der Waals surface area contributed by atoms with Crippen LogP contribution in [0, 0.1) is 23.2 Å². The molecule has 2 bridgehead atoms. The molecule has 4 unspecified atom stereocenters. The summed E-state index contributed by atoms with van der Waals surface area (Å²) in [5.41, 5.74) is 0.363. The van der Waals surface area contributed by atoms with E-state index in [2.05, 4.69) is 22.8 Å². The number of nitrogens with one attached hydrogen (secondary N) is 2. The highest BCUT2D eigenvalue weighted by Gasteiger charge is 2.55. The average Bonchev–Trinajstić information content (AvgIpc) is 3.18. The first-order valence-corrected chi connectivity index (χ1v) is 8.56. The van der Waals surface area contributed by atoms with Gasteiger partial charge in [0, 0.05) is 25.8 Å². The van der Waals surface area contributed by atoms with Crippen LogP contribution in [-0.4, -0.2) is 31.8 Å². The van der Waals surface area contributed by atoms with Crippen molar-refractivity contribution in [3.63, 3.8) is 0 Å². The molecule has 5 rings (SSSR count). The first-order valence-electron chi connectivity index (χ1n) is 8.56. The summed E-state index contributed by atoms with van der Waals surface area (Å²) in [5, 5.41) is 6.29. The molecule has 1 spiro atoms. The highest BCUT2D eigenvalue weighted by molar-refractivity contribution is 5.74. The van der Waals surface area contributed by atoms with E-state index in [4.69, 9.17) is 4.74 Å². The maximum absolute atomic E-state index is 12.1. The smallest absolute Gasteiger partial charge is 0.315 e. The number of fused-ring (bicyclic) bond motifs is 2. The zero-order valence-electron chi connectivity index (χ0n) is 12.6. The minimum absolute atomic E-state index is 0.0359. The van der Waals surface area contributed by atoms with Crippen molar-refractivity contribution in [2.24, 2.45) is 23.2 Å². The van der Waals surface area contributed by atoms with Gasteiger partial charge in [-0.15, -0.1) is 0 Å². The molecule has 4 nitrogen and oxygen atoms in total. The molecule has 4 aliphatic carbocycles. The van der Waals surface area contributed by atoms with Crippen LogP contribution in [0.25, 0.3) is 0 Å². The number of hydrogen-bond acceptors (Lipinski definition) is 2. The van der Waals surface area contributed by atoms with Gasteiger partial charge in [0.1, 0.15) is 0 Å². The Hall–Kier alpha value is -1.03. The summed E-state index contributed by atoms with van der Waals surface area (Å²) in [6.45, 7) is 2.55. The molecule has 3 fully saturated rings. The molecule has 4 atom stereocenters. The number of ether oxygens (including phenoxy) is 1. The second-order valence-corrected chi connectivity index (χ2v) is 7.47. The average molecular weight is 290 g/mol. The molecule has 21 heavy (non-hydrogen) atoms. The summed E-state index contributed by atoms with van der Waals surface area (Å²) in [4.78, 5) is 12.1. The Kier molecular flexibility index (Phi) is 3.44. The minimum atomic E-state index is 0.0359. The van der Waals surface area contributed by atoms with Crippen LogP contribution in [0.4, 0.5) is 4.79 Å². The van der Waals surface area contributed by atoms with Crippen molar-refractivity contribution in [1.29, 1.82) is 0 Å². The SMILES string of the molecule is O=C(NCC1CC2C=CC1CC2)NC1CC12CCOCC2. The van der Waals surface area contributed by atoms with E-state index in [9.17, 15) is 4.79 Å². The van der Waals surface area contributed by atoms with Crippen molar-refractivity contribution >= 4 is 6.03 Å². The molecule has 5 aliphatic rings. The summed E-state index contributed by atoms with van der Waals surface area (Å²) >= 11 is 0. The third kappa shape index (κ3) is 2.70. The topological polar surface area (TPSA) is 50.4 Å². The van der Waals surface area contributed by atoms with Crippen LogP contribution in [0.2, 0.25) is 0 Å². The normalized spacial score (nSPS) is 39.2. The highest BCUT2D eigenvalue weighted by Crippen LogP contribution is 2.53. The van der Waals surface area contributed by atoms with E-state index in [0.717, 1.165) is 44.9 Å². The number of amides is 2. The fraction of sp³-hybridized carbons (Fsp3) is 0.824. The van der Waals surface area contributed by atoms with Gasteiger partial charge in [0.25, 0.3) is 0 Å². The molecule has 116 valence electrons. The van der Waals surface area contributed by atoms with Crippen LogP contribution >= 0.6 is 0 Å². The van der Waals surface area contributed by atoms with Gasteiger partial charge in [-0.2, -0.15) is 0 Å². The van der Waals surface area contributed by atoms with Crippen LogP contribution < -0.4 is 10.6 Å². The second kappa shape index (κ2) is 5.31. The maximum Gasteiger partial charge on any atom is 0.315 e. The number of carbonyl (C=O) groups is 1. The lowest BCUT2D eigenvalue weighted by atomic mass is 9.69. The van der Waals surface area contributed by atoms with Crippen molar-refractivity contribution in [1.82, 2.24) is 10.6 Å². The minimum Gasteiger partial charge on any atom is -0.381 e. The molecule has 0 aromatic rings. The molecule has 1 aliphatic heterocycles. The van der Waals surface area contributed by atoms with Gasteiger partial charge in [-0.1, -0.05) is 12.2 Å². The van der Waals surface area contributed by atoms with Crippen LogP contribution in [-0.2, 0) is 4.74 Å². The number of urea groups is 1. The first kappa shape index (κ1) is 13.6. The van der Waals surface area contributed by atoms with Gasteiger partial charge < -0.3 is 15.4 Å². The van der Waals surface area contributed by atoms with Crippen molar-refractivity contribution in [3.05, 3.63) is 12.2 Å². The molecule has 2 N–H and O–H groups in total. The molecular formula is C17H26N2O2. The molecule has 2 saturated carbocycles. The van der Waals surface area contributed by atoms with Crippen molar-refractivity contribution in [2.45, 2.75) is 44.6 Å². The van der Waals surface area contributed by atoms with E-state index < -0.39 is 0 Å². The summed E-state index contributed by atoms with van der Waals surface area (Å²) in [5.74, 6) is 2.10. The molecule has 2 amide bonds. The lowest BCUT2D eigenvalue weighted by Gasteiger charge is -2.38. The van der Waals surface area contributed by atoms with E-state index in [-0.39, 0.29) is 6.03 Å². The number of rotatable bonds is 3. The van der Waals surface area contributed by atoms with Crippen molar-refractivity contribution < 1.29 is 9.53 Å². The summed E-state index contributed by atoms with van der Waals surface area (Å²) in [7, 11) is 0. The zero-order chi connectivity index (χ0) is 14.3. The Balaban J connectivity index is 1.22. The molecule has 1 heterocycles. The predicted octanol–water partition coefficient (Wildman–Crippen LogP) is 2.46. The van der Waals surface area contributed by atoms with Crippen LogP contribution in [0.1, 0.15) is 38.5 Å². The van der Waals surface area contributed by atoms with Gasteiger partial charge in [-0.25, -0.2) is 4.79 Å². The number of hydrogen-bond donors (Lipinski definition) is 2. The lowest BCUT2D eigenvalue weighted by Crippen LogP contribution is -2.43. The third-order valence-electron chi connectivity index (χ3n) is 6.22. The van der Waals surface area contributed by atoms with Gasteiger partial charge >= 0.3 is 6.03 Å². The van der Waals surface area contributed by atoms with Gasteiger partial charge in [-0.05, 0) is 61.7 Å². The number of carbonyl (C=O) groups excluding carboxylic acids is 1. The Morgan fingerprint density at radius 1 is 1.24 bits per heavy atom. The van der Waals surface area contributed by atoms with E-state index in [1.165, 1.54) is 19.3 Å². The standard InChI is InChI=1S/C17H26N2O2/c20-16(19-15-10-17(15)5-7-21-8-6-17)18-11-14-9-12-1-3-13(14)4-2-12/h1,3,12-15H,2,4-11H2,(H2,18,19,20). The monoisotopic (exact) mass is 290 g/mol.